The number of rotatable bonds is 13. The molecular formula is C30H36FN3O4S. The lowest BCUT2D eigenvalue weighted by atomic mass is 10.1. The second-order valence-electron chi connectivity index (χ2n) is 9.44. The van der Waals surface area contributed by atoms with Crippen molar-refractivity contribution in [2.75, 3.05) is 23.9 Å². The molecule has 0 saturated carbocycles. The molecule has 208 valence electrons. The molecule has 39 heavy (non-hydrogen) atoms. The molecular weight excluding hydrogens is 517 g/mol. The van der Waals surface area contributed by atoms with Crippen LogP contribution in [0.5, 0.6) is 0 Å². The molecule has 0 aliphatic rings. The standard InChI is InChI=1S/C30H36FN3O4S/c1-4-5-20-32-30(36)24(3)33(21-19-25-9-7-6-8-10-25)29(35)22-34(27-15-11-23(2)12-16-27)39(37,38)28-17-13-26(31)14-18-28/h6-18,24H,4-5,19-22H2,1-3H3,(H,32,36). The number of unbranched alkanes of at least 4 members (excludes halogenated alkanes) is 1. The number of sulfonamides is 1. The molecule has 1 N–H and O–H groups in total. The Morgan fingerprint density at radius 1 is 0.949 bits per heavy atom. The van der Waals surface area contributed by atoms with Crippen molar-refractivity contribution < 1.29 is 22.4 Å². The molecule has 1 atom stereocenters. The fourth-order valence-corrected chi connectivity index (χ4v) is 5.49. The average Bonchev–Trinajstić information content (AvgIpc) is 2.93. The number of amides is 2. The van der Waals surface area contributed by atoms with E-state index in [1.54, 1.807) is 31.2 Å². The third-order valence-electron chi connectivity index (χ3n) is 6.48. The molecule has 1 unspecified atom stereocenters. The van der Waals surface area contributed by atoms with Crippen molar-refractivity contribution in [1.29, 1.82) is 0 Å². The van der Waals surface area contributed by atoms with Crippen molar-refractivity contribution in [1.82, 2.24) is 10.2 Å². The van der Waals surface area contributed by atoms with Crippen molar-refractivity contribution in [3.8, 4) is 0 Å². The Morgan fingerprint density at radius 2 is 1.59 bits per heavy atom. The molecule has 3 aromatic carbocycles. The summed E-state index contributed by atoms with van der Waals surface area (Å²) in [5, 5.41) is 2.87. The van der Waals surface area contributed by atoms with Crippen LogP contribution in [0.4, 0.5) is 10.1 Å². The first-order chi connectivity index (χ1) is 18.6. The monoisotopic (exact) mass is 553 g/mol. The second-order valence-corrected chi connectivity index (χ2v) is 11.3. The summed E-state index contributed by atoms with van der Waals surface area (Å²) in [5.41, 5.74) is 2.20. The van der Waals surface area contributed by atoms with Gasteiger partial charge >= 0.3 is 0 Å². The van der Waals surface area contributed by atoms with Gasteiger partial charge in [0.2, 0.25) is 11.8 Å². The largest absolute Gasteiger partial charge is 0.354 e. The highest BCUT2D eigenvalue weighted by atomic mass is 32.2. The Labute approximate surface area is 230 Å². The van der Waals surface area contributed by atoms with Crippen LogP contribution in [0.25, 0.3) is 0 Å². The summed E-state index contributed by atoms with van der Waals surface area (Å²) in [6.07, 6.45) is 2.22. The fourth-order valence-electron chi connectivity index (χ4n) is 4.08. The molecule has 0 bridgehead atoms. The first kappa shape index (κ1) is 29.8. The maximum Gasteiger partial charge on any atom is 0.264 e. The highest BCUT2D eigenvalue weighted by molar-refractivity contribution is 7.92. The number of nitrogens with one attached hydrogen (secondary N) is 1. The zero-order chi connectivity index (χ0) is 28.4. The highest BCUT2D eigenvalue weighted by Crippen LogP contribution is 2.25. The van der Waals surface area contributed by atoms with Crippen LogP contribution >= 0.6 is 0 Å². The van der Waals surface area contributed by atoms with Gasteiger partial charge in [-0.25, -0.2) is 12.8 Å². The van der Waals surface area contributed by atoms with Gasteiger partial charge in [-0.1, -0.05) is 61.4 Å². The lowest BCUT2D eigenvalue weighted by Crippen LogP contribution is -2.52. The van der Waals surface area contributed by atoms with Crippen LogP contribution in [-0.4, -0.2) is 50.8 Å². The Balaban J connectivity index is 1.94. The molecule has 0 aliphatic heterocycles. The number of aryl methyl sites for hydroxylation is 1. The van der Waals surface area contributed by atoms with E-state index in [1.165, 1.54) is 17.0 Å². The molecule has 9 heteroatoms. The third kappa shape index (κ3) is 8.13. The highest BCUT2D eigenvalue weighted by Gasteiger charge is 2.32. The number of carbonyl (C=O) groups excluding carboxylic acids is 2. The minimum absolute atomic E-state index is 0.140. The summed E-state index contributed by atoms with van der Waals surface area (Å²) < 4.78 is 42.0. The molecule has 0 heterocycles. The van der Waals surface area contributed by atoms with Crippen LogP contribution < -0.4 is 9.62 Å². The molecule has 3 rings (SSSR count). The number of benzene rings is 3. The number of nitrogens with zero attached hydrogens (tertiary/aromatic N) is 2. The smallest absolute Gasteiger partial charge is 0.264 e. The van der Waals surface area contributed by atoms with Gasteiger partial charge in [-0.3, -0.25) is 13.9 Å². The predicted molar refractivity (Wildman–Crippen MR) is 151 cm³/mol. The predicted octanol–water partition coefficient (Wildman–Crippen LogP) is 4.71. The quantitative estimate of drug-likeness (QED) is 0.311. The second kappa shape index (κ2) is 13.9. The molecule has 0 fully saturated rings. The van der Waals surface area contributed by atoms with Crippen molar-refractivity contribution in [2.45, 2.75) is 51.0 Å². The topological polar surface area (TPSA) is 86.8 Å². The first-order valence-electron chi connectivity index (χ1n) is 13.1. The zero-order valence-corrected chi connectivity index (χ0v) is 23.5. The van der Waals surface area contributed by atoms with Crippen LogP contribution in [0.3, 0.4) is 0 Å². The van der Waals surface area contributed by atoms with Gasteiger partial charge in [0.15, 0.2) is 0 Å². The maximum atomic E-state index is 13.8. The molecule has 0 aliphatic carbocycles. The molecule has 0 spiro atoms. The van der Waals surface area contributed by atoms with Gasteiger partial charge in [0.05, 0.1) is 10.6 Å². The zero-order valence-electron chi connectivity index (χ0n) is 22.6. The minimum Gasteiger partial charge on any atom is -0.354 e. The van der Waals surface area contributed by atoms with Gasteiger partial charge < -0.3 is 10.2 Å². The van der Waals surface area contributed by atoms with Crippen LogP contribution in [0.2, 0.25) is 0 Å². The van der Waals surface area contributed by atoms with Crippen molar-refractivity contribution >= 4 is 27.5 Å². The summed E-state index contributed by atoms with van der Waals surface area (Å²) in [4.78, 5) is 28.0. The van der Waals surface area contributed by atoms with E-state index >= 15 is 0 Å². The molecule has 2 amide bonds. The summed E-state index contributed by atoms with van der Waals surface area (Å²) in [6.45, 7) is 5.74. The SMILES string of the molecule is CCCCNC(=O)C(C)N(CCc1ccccc1)C(=O)CN(c1ccc(C)cc1)S(=O)(=O)c1ccc(F)cc1. The van der Waals surface area contributed by atoms with E-state index in [0.29, 0.717) is 18.7 Å². The number of hydrogen-bond donors (Lipinski definition) is 1. The van der Waals surface area contributed by atoms with Crippen molar-refractivity contribution in [3.63, 3.8) is 0 Å². The Kier molecular flexibility index (Phi) is 10.6. The number of carbonyl (C=O) groups is 2. The van der Waals surface area contributed by atoms with Gasteiger partial charge in [-0.15, -0.1) is 0 Å². The van der Waals surface area contributed by atoms with E-state index in [-0.39, 0.29) is 17.3 Å². The summed E-state index contributed by atoms with van der Waals surface area (Å²) in [5.74, 6) is -1.38. The van der Waals surface area contributed by atoms with Gasteiger partial charge in [-0.05, 0) is 68.7 Å². The third-order valence-corrected chi connectivity index (χ3v) is 8.27. The first-order valence-corrected chi connectivity index (χ1v) is 14.5. The van der Waals surface area contributed by atoms with Gasteiger partial charge in [0, 0.05) is 13.1 Å². The number of anilines is 1. The minimum atomic E-state index is -4.22. The average molecular weight is 554 g/mol. The van der Waals surface area contributed by atoms with Gasteiger partial charge in [0.1, 0.15) is 18.4 Å². The number of hydrogen-bond acceptors (Lipinski definition) is 4. The Morgan fingerprint density at radius 3 is 2.21 bits per heavy atom. The molecule has 0 radical (unpaired) electrons. The lowest BCUT2D eigenvalue weighted by molar-refractivity contribution is -0.138. The summed E-state index contributed by atoms with van der Waals surface area (Å²) >= 11 is 0. The van der Waals surface area contributed by atoms with E-state index in [4.69, 9.17) is 0 Å². The van der Waals surface area contributed by atoms with E-state index in [2.05, 4.69) is 5.32 Å². The molecule has 3 aromatic rings. The van der Waals surface area contributed by atoms with Gasteiger partial charge in [-0.2, -0.15) is 0 Å². The van der Waals surface area contributed by atoms with Crippen LogP contribution in [-0.2, 0) is 26.0 Å². The van der Waals surface area contributed by atoms with Gasteiger partial charge in [0.25, 0.3) is 10.0 Å². The Hall–Kier alpha value is -3.72. The Bertz CT molecular complexity index is 1330. The maximum absolute atomic E-state index is 13.8. The molecule has 0 saturated heterocycles. The van der Waals surface area contributed by atoms with Crippen molar-refractivity contribution in [2.24, 2.45) is 0 Å². The van der Waals surface area contributed by atoms with E-state index in [0.717, 1.165) is 40.4 Å². The number of halogens is 1. The normalized spacial score (nSPS) is 12.0. The molecule has 0 aromatic heterocycles. The van der Waals surface area contributed by atoms with E-state index in [1.807, 2.05) is 44.2 Å². The summed E-state index contributed by atoms with van der Waals surface area (Å²) in [6, 6.07) is 20.0. The fraction of sp³-hybridized carbons (Fsp3) is 0.333. The summed E-state index contributed by atoms with van der Waals surface area (Å²) in [7, 11) is -4.22. The molecule has 7 nitrogen and oxygen atoms in total. The van der Waals surface area contributed by atoms with Crippen LogP contribution in [0, 0.1) is 12.7 Å². The van der Waals surface area contributed by atoms with Crippen molar-refractivity contribution in [3.05, 3.63) is 95.8 Å². The van der Waals surface area contributed by atoms with E-state index in [9.17, 15) is 22.4 Å². The van der Waals surface area contributed by atoms with Crippen LogP contribution in [0.1, 0.15) is 37.8 Å². The van der Waals surface area contributed by atoms with E-state index < -0.39 is 34.3 Å². The van der Waals surface area contributed by atoms with Crippen LogP contribution in [0.15, 0.2) is 83.8 Å². The lowest BCUT2D eigenvalue weighted by Gasteiger charge is -2.32.